The summed E-state index contributed by atoms with van der Waals surface area (Å²) in [5.41, 5.74) is 2.96. The van der Waals surface area contributed by atoms with Crippen molar-refractivity contribution in [1.82, 2.24) is 5.32 Å². The normalized spacial score (nSPS) is 11.2. The van der Waals surface area contributed by atoms with E-state index < -0.39 is 16.1 Å². The number of nitrogens with zero attached hydrogens (tertiary/aromatic N) is 1. The van der Waals surface area contributed by atoms with Crippen molar-refractivity contribution < 1.29 is 18.4 Å². The highest BCUT2D eigenvalue weighted by molar-refractivity contribution is 7.89. The van der Waals surface area contributed by atoms with Crippen molar-refractivity contribution in [2.75, 3.05) is 12.1 Å². The maximum absolute atomic E-state index is 11.9. The number of carbonyl (C=O) groups excluding carboxylic acids is 1. The number of thiophene rings is 1. The second-order valence-electron chi connectivity index (χ2n) is 5.63. The average Bonchev–Trinajstić information content (AvgIpc) is 3.12. The summed E-state index contributed by atoms with van der Waals surface area (Å²) >= 11 is 1.20. The molecule has 0 radical (unpaired) electrons. The molecule has 140 valence electrons. The van der Waals surface area contributed by atoms with Gasteiger partial charge in [0.2, 0.25) is 10.0 Å². The molecule has 0 bridgehead atoms. The summed E-state index contributed by atoms with van der Waals surface area (Å²) in [6.45, 7) is 0. The number of carbonyl (C=O) groups is 1. The van der Waals surface area contributed by atoms with Crippen LogP contribution in [0.1, 0.15) is 0 Å². The minimum Gasteiger partial charge on any atom is -0.339 e. The van der Waals surface area contributed by atoms with Crippen molar-refractivity contribution in [3.63, 3.8) is 0 Å². The van der Waals surface area contributed by atoms with Gasteiger partial charge in [0.15, 0.2) is 0 Å². The molecule has 2 aromatic carbocycles. The number of hydrogen-bond donors (Lipinski definition) is 3. The highest BCUT2D eigenvalue weighted by Gasteiger charge is 2.23. The molecule has 0 atom stereocenters. The molecular weight excluding hydrogens is 386 g/mol. The number of sulfonamides is 1. The van der Waals surface area contributed by atoms with Crippen molar-refractivity contribution in [3.05, 3.63) is 60.0 Å². The zero-order chi connectivity index (χ0) is 19.6. The topological polar surface area (TPSA) is 113 Å². The number of anilines is 1. The van der Waals surface area contributed by atoms with Crippen molar-refractivity contribution in [1.29, 1.82) is 0 Å². The first-order chi connectivity index (χ1) is 12.8. The molecule has 0 saturated carbocycles. The van der Waals surface area contributed by atoms with E-state index in [1.54, 1.807) is 17.5 Å². The minimum absolute atomic E-state index is 0.0112. The number of primary sulfonamides is 1. The molecule has 0 aliphatic carbocycles. The zero-order valence-electron chi connectivity index (χ0n) is 14.3. The second kappa shape index (κ2) is 7.49. The lowest BCUT2D eigenvalue weighted by molar-refractivity contribution is 0.207. The Hall–Kier alpha value is -2.72. The van der Waals surface area contributed by atoms with E-state index in [-0.39, 0.29) is 4.90 Å². The maximum Gasteiger partial charge on any atom is 0.346 e. The highest BCUT2D eigenvalue weighted by atomic mass is 32.2. The molecule has 4 N–H and O–H groups in total. The summed E-state index contributed by atoms with van der Waals surface area (Å²) in [5, 5.41) is 20.5. The molecule has 0 spiro atoms. The quantitative estimate of drug-likeness (QED) is 0.458. The molecule has 0 fully saturated rings. The summed E-state index contributed by atoms with van der Waals surface area (Å²) in [7, 11) is -2.36. The molecule has 1 heterocycles. The van der Waals surface area contributed by atoms with Gasteiger partial charge in [-0.3, -0.25) is 5.21 Å². The lowest BCUT2D eigenvalue weighted by Gasteiger charge is -2.16. The Morgan fingerprint density at radius 3 is 2.26 bits per heavy atom. The predicted molar refractivity (Wildman–Crippen MR) is 105 cm³/mol. The number of urea groups is 1. The number of benzene rings is 2. The van der Waals surface area contributed by atoms with Crippen LogP contribution in [0.4, 0.5) is 9.80 Å². The fourth-order valence-electron chi connectivity index (χ4n) is 2.62. The van der Waals surface area contributed by atoms with E-state index >= 15 is 0 Å². The summed E-state index contributed by atoms with van der Waals surface area (Å²) in [6.07, 6.45) is 0. The SMILES string of the molecule is CNC(=O)N(O)c1scc(-c2ccc(S(N)(=O)=O)cc2)c1-c1ccccc1. The molecular formula is C18H17N3O4S2. The summed E-state index contributed by atoms with van der Waals surface area (Å²) in [4.78, 5) is 11.9. The van der Waals surface area contributed by atoms with Gasteiger partial charge in [0.05, 0.1) is 4.90 Å². The van der Waals surface area contributed by atoms with Crippen molar-refractivity contribution >= 4 is 32.4 Å². The first-order valence-electron chi connectivity index (χ1n) is 7.84. The van der Waals surface area contributed by atoms with E-state index in [0.717, 1.165) is 16.7 Å². The average molecular weight is 403 g/mol. The van der Waals surface area contributed by atoms with Gasteiger partial charge in [-0.25, -0.2) is 18.4 Å². The van der Waals surface area contributed by atoms with E-state index in [0.29, 0.717) is 15.6 Å². The van der Waals surface area contributed by atoms with Crippen LogP contribution in [0.15, 0.2) is 64.9 Å². The van der Waals surface area contributed by atoms with Crippen LogP contribution in [0.3, 0.4) is 0 Å². The third-order valence-electron chi connectivity index (χ3n) is 3.93. The largest absolute Gasteiger partial charge is 0.346 e. The monoisotopic (exact) mass is 403 g/mol. The lowest BCUT2D eigenvalue weighted by atomic mass is 9.98. The fourth-order valence-corrected chi connectivity index (χ4v) is 4.15. The van der Waals surface area contributed by atoms with Gasteiger partial charge < -0.3 is 5.32 Å². The molecule has 3 aromatic rings. The summed E-state index contributed by atoms with van der Waals surface area (Å²) in [5.74, 6) is 0. The van der Waals surface area contributed by atoms with Crippen LogP contribution in [0.5, 0.6) is 0 Å². The van der Waals surface area contributed by atoms with Crippen molar-refractivity contribution in [3.8, 4) is 22.3 Å². The zero-order valence-corrected chi connectivity index (χ0v) is 15.9. The molecule has 1 aromatic heterocycles. The molecule has 0 aliphatic rings. The number of hydroxylamine groups is 1. The van der Waals surface area contributed by atoms with Gasteiger partial charge in [-0.15, -0.1) is 11.3 Å². The van der Waals surface area contributed by atoms with Gasteiger partial charge in [0.1, 0.15) is 5.00 Å². The second-order valence-corrected chi connectivity index (χ2v) is 8.05. The fraction of sp³-hybridized carbons (Fsp3) is 0.0556. The smallest absolute Gasteiger partial charge is 0.339 e. The van der Waals surface area contributed by atoms with Gasteiger partial charge >= 0.3 is 6.03 Å². The van der Waals surface area contributed by atoms with E-state index in [2.05, 4.69) is 5.32 Å². The van der Waals surface area contributed by atoms with Gasteiger partial charge in [-0.2, -0.15) is 5.06 Å². The molecule has 27 heavy (non-hydrogen) atoms. The van der Waals surface area contributed by atoms with Crippen LogP contribution in [0, 0.1) is 0 Å². The van der Waals surface area contributed by atoms with Gasteiger partial charge in [-0.1, -0.05) is 42.5 Å². The molecule has 0 saturated heterocycles. The molecule has 0 unspecified atom stereocenters. The summed E-state index contributed by atoms with van der Waals surface area (Å²) in [6, 6.07) is 14.8. The van der Waals surface area contributed by atoms with E-state index in [4.69, 9.17) is 5.14 Å². The van der Waals surface area contributed by atoms with Gasteiger partial charge in [-0.05, 0) is 23.3 Å². The third-order valence-corrected chi connectivity index (χ3v) is 5.81. The Morgan fingerprint density at radius 1 is 1.07 bits per heavy atom. The Morgan fingerprint density at radius 2 is 1.70 bits per heavy atom. The lowest BCUT2D eigenvalue weighted by Crippen LogP contribution is -2.35. The van der Waals surface area contributed by atoms with E-state index in [1.807, 2.05) is 30.3 Å². The number of amides is 2. The Kier molecular flexibility index (Phi) is 5.29. The maximum atomic E-state index is 11.9. The standard InChI is InChI=1S/C18H17N3O4S2/c1-20-18(22)21(23)17-16(13-5-3-2-4-6-13)15(11-26-17)12-7-9-14(10-8-12)27(19,24)25/h2-11,23H,1H3,(H,20,22)(H2,19,24,25). The minimum atomic E-state index is -3.79. The molecule has 7 nitrogen and oxygen atoms in total. The number of rotatable bonds is 4. The first-order valence-corrected chi connectivity index (χ1v) is 10.3. The highest BCUT2D eigenvalue weighted by Crippen LogP contribution is 2.44. The van der Waals surface area contributed by atoms with Crippen LogP contribution in [-0.4, -0.2) is 26.7 Å². The van der Waals surface area contributed by atoms with E-state index in [1.165, 1.54) is 30.5 Å². The molecule has 3 rings (SSSR count). The molecule has 0 aliphatic heterocycles. The van der Waals surface area contributed by atoms with Crippen LogP contribution in [-0.2, 0) is 10.0 Å². The Bertz CT molecular complexity index is 1060. The molecule has 9 heteroatoms. The van der Waals surface area contributed by atoms with Gasteiger partial charge in [0.25, 0.3) is 0 Å². The van der Waals surface area contributed by atoms with Crippen LogP contribution < -0.4 is 15.5 Å². The van der Waals surface area contributed by atoms with E-state index in [9.17, 15) is 18.4 Å². The number of nitrogens with two attached hydrogens (primary N) is 1. The summed E-state index contributed by atoms with van der Waals surface area (Å²) < 4.78 is 22.9. The van der Waals surface area contributed by atoms with Gasteiger partial charge in [0, 0.05) is 23.6 Å². The van der Waals surface area contributed by atoms with Crippen molar-refractivity contribution in [2.24, 2.45) is 5.14 Å². The van der Waals surface area contributed by atoms with Crippen LogP contribution >= 0.6 is 11.3 Å². The first kappa shape index (κ1) is 19.1. The Balaban J connectivity index is 2.16. The van der Waals surface area contributed by atoms with Crippen molar-refractivity contribution in [2.45, 2.75) is 4.90 Å². The predicted octanol–water partition coefficient (Wildman–Crippen LogP) is 3.26. The number of hydrogen-bond acceptors (Lipinski definition) is 5. The number of nitrogens with one attached hydrogen (secondary N) is 1. The Labute approximate surface area is 160 Å². The van der Waals surface area contributed by atoms with Crippen LogP contribution in [0.2, 0.25) is 0 Å². The third kappa shape index (κ3) is 3.86. The van der Waals surface area contributed by atoms with Crippen LogP contribution in [0.25, 0.3) is 22.3 Å². The molecule has 2 amide bonds.